The quantitative estimate of drug-likeness (QED) is 0.465. The lowest BCUT2D eigenvalue weighted by Crippen LogP contribution is -1.85. The molecule has 0 aliphatic heterocycles. The molecule has 0 saturated heterocycles. The third-order valence-corrected chi connectivity index (χ3v) is 0.925. The van der Waals surface area contributed by atoms with Gasteiger partial charge in [0.1, 0.15) is 0 Å². The summed E-state index contributed by atoms with van der Waals surface area (Å²) in [5, 5.41) is 8.19. The van der Waals surface area contributed by atoms with E-state index in [4.69, 9.17) is 5.11 Å². The first-order valence-electron chi connectivity index (χ1n) is 2.68. The van der Waals surface area contributed by atoms with Crippen LogP contribution in [0.4, 0.5) is 0 Å². The van der Waals surface area contributed by atoms with Crippen molar-refractivity contribution in [2.45, 2.75) is 0 Å². The number of carboxylic acids is 1. The fourth-order valence-corrected chi connectivity index (χ4v) is 0.519. The van der Waals surface area contributed by atoms with E-state index in [0.717, 1.165) is 6.08 Å². The van der Waals surface area contributed by atoms with Gasteiger partial charge < -0.3 is 10.1 Å². The van der Waals surface area contributed by atoms with Gasteiger partial charge in [0.15, 0.2) is 0 Å². The number of nitrogens with one attached hydrogen (secondary N) is 1. The van der Waals surface area contributed by atoms with Crippen molar-refractivity contribution < 1.29 is 9.90 Å². The molecule has 0 aliphatic rings. The Hall–Kier alpha value is -1.58. The van der Waals surface area contributed by atoms with E-state index in [1.54, 1.807) is 6.20 Å². The van der Waals surface area contributed by atoms with Gasteiger partial charge in [0, 0.05) is 6.08 Å². The molecule has 10 heavy (non-hydrogen) atoms. The first kappa shape index (κ1) is 6.54. The number of H-pyrrole nitrogens is 1. The van der Waals surface area contributed by atoms with E-state index >= 15 is 0 Å². The molecule has 0 fully saturated rings. The summed E-state index contributed by atoms with van der Waals surface area (Å²) in [5.41, 5.74) is 0.683. The molecule has 1 heterocycles. The van der Waals surface area contributed by atoms with Gasteiger partial charge >= 0.3 is 5.97 Å². The van der Waals surface area contributed by atoms with Crippen molar-refractivity contribution in [1.82, 2.24) is 9.97 Å². The zero-order valence-electron chi connectivity index (χ0n) is 5.11. The Morgan fingerprint density at radius 3 is 3.10 bits per heavy atom. The minimum Gasteiger partial charge on any atom is -0.478 e. The summed E-state index contributed by atoms with van der Waals surface area (Å²) < 4.78 is 0. The summed E-state index contributed by atoms with van der Waals surface area (Å²) in [7, 11) is 0. The molecule has 2 N–H and O–H groups in total. The Morgan fingerprint density at radius 2 is 2.60 bits per heavy atom. The van der Waals surface area contributed by atoms with Gasteiger partial charge in [-0.15, -0.1) is 0 Å². The predicted octanol–water partition coefficient (Wildman–Crippen LogP) is 0.507. The molecule has 0 amide bonds. The lowest BCUT2D eigenvalue weighted by molar-refractivity contribution is -0.131. The van der Waals surface area contributed by atoms with Crippen LogP contribution in [-0.4, -0.2) is 21.0 Å². The molecule has 0 aromatic carbocycles. The minimum absolute atomic E-state index is 0.683. The van der Waals surface area contributed by atoms with Crippen LogP contribution in [0.15, 0.2) is 18.6 Å². The van der Waals surface area contributed by atoms with E-state index in [1.165, 1.54) is 12.4 Å². The molecular formula is C6H6N2O2. The van der Waals surface area contributed by atoms with Gasteiger partial charge in [-0.2, -0.15) is 0 Å². The van der Waals surface area contributed by atoms with Crippen LogP contribution in [0.3, 0.4) is 0 Å². The van der Waals surface area contributed by atoms with Crippen LogP contribution < -0.4 is 0 Å². The first-order chi connectivity index (χ1) is 4.79. The van der Waals surface area contributed by atoms with E-state index in [-0.39, 0.29) is 0 Å². The topological polar surface area (TPSA) is 66.0 Å². The van der Waals surface area contributed by atoms with Crippen molar-refractivity contribution in [3.63, 3.8) is 0 Å². The SMILES string of the molecule is O=[13C](O)/[13CH]=[13CH]\c1cnc[nH]1. The van der Waals surface area contributed by atoms with E-state index < -0.39 is 5.97 Å². The maximum atomic E-state index is 9.97. The van der Waals surface area contributed by atoms with Crippen molar-refractivity contribution in [2.24, 2.45) is 0 Å². The van der Waals surface area contributed by atoms with E-state index in [0.29, 0.717) is 5.69 Å². The molecule has 0 saturated carbocycles. The molecule has 1 aromatic heterocycles. The molecule has 0 spiro atoms. The van der Waals surface area contributed by atoms with Crippen molar-refractivity contribution in [2.75, 3.05) is 0 Å². The third kappa shape index (κ3) is 1.74. The molecule has 0 atom stereocenters. The lowest BCUT2D eigenvalue weighted by atomic mass is 10.7. The van der Waals surface area contributed by atoms with Crippen LogP contribution >= 0.6 is 0 Å². The monoisotopic (exact) mass is 141 g/mol. The molecule has 0 bridgehead atoms. The van der Waals surface area contributed by atoms with Crippen LogP contribution in [-0.2, 0) is 4.79 Å². The van der Waals surface area contributed by atoms with Gasteiger partial charge in [-0.25, -0.2) is 9.78 Å². The van der Waals surface area contributed by atoms with Crippen molar-refractivity contribution in [3.05, 3.63) is 24.3 Å². The van der Waals surface area contributed by atoms with Crippen LogP contribution in [0.5, 0.6) is 0 Å². The molecule has 4 nitrogen and oxygen atoms in total. The van der Waals surface area contributed by atoms with Crippen molar-refractivity contribution >= 4 is 12.0 Å². The molecule has 1 aromatic rings. The molecule has 0 radical (unpaired) electrons. The highest BCUT2D eigenvalue weighted by atomic mass is 16.5. The normalized spacial score (nSPS) is 10.4. The fraction of sp³-hybridized carbons (Fsp3) is 0. The van der Waals surface area contributed by atoms with E-state index in [9.17, 15) is 4.79 Å². The average Bonchev–Trinajstić information content (AvgIpc) is 2.34. The van der Waals surface area contributed by atoms with E-state index in [1.807, 2.05) is 0 Å². The first-order valence-corrected chi connectivity index (χ1v) is 2.68. The van der Waals surface area contributed by atoms with Crippen LogP contribution in [0, 0.1) is 0 Å². The highest BCUT2D eigenvalue weighted by Gasteiger charge is 1.87. The number of hydrogen-bond donors (Lipinski definition) is 2. The van der Waals surface area contributed by atoms with Gasteiger partial charge in [-0.3, -0.25) is 0 Å². The summed E-state index contributed by atoms with van der Waals surface area (Å²) in [6, 6.07) is 0. The second kappa shape index (κ2) is 2.82. The highest BCUT2D eigenvalue weighted by molar-refractivity contribution is 5.84. The predicted molar refractivity (Wildman–Crippen MR) is 35.3 cm³/mol. The van der Waals surface area contributed by atoms with E-state index in [2.05, 4.69) is 9.97 Å². The van der Waals surface area contributed by atoms with Gasteiger partial charge in [-0.05, 0) is 6.08 Å². The van der Waals surface area contributed by atoms with Crippen molar-refractivity contribution in [1.29, 1.82) is 0 Å². The van der Waals surface area contributed by atoms with Gasteiger partial charge in [0.2, 0.25) is 0 Å². The molecule has 52 valence electrons. The fourth-order valence-electron chi connectivity index (χ4n) is 0.519. The highest BCUT2D eigenvalue weighted by Crippen LogP contribution is 1.92. The number of aliphatic carboxylic acids is 1. The smallest absolute Gasteiger partial charge is 0.328 e. The number of imidazole rings is 1. The Kier molecular flexibility index (Phi) is 1.84. The molecular weight excluding hydrogens is 135 g/mol. The average molecular weight is 141 g/mol. The molecule has 1 rings (SSSR count). The lowest BCUT2D eigenvalue weighted by Gasteiger charge is -1.79. The number of hydrogen-bond acceptors (Lipinski definition) is 2. The second-order valence-electron chi connectivity index (χ2n) is 1.68. The van der Waals surface area contributed by atoms with Crippen molar-refractivity contribution in [3.8, 4) is 0 Å². The van der Waals surface area contributed by atoms with Crippen LogP contribution in [0.2, 0.25) is 0 Å². The second-order valence-corrected chi connectivity index (χ2v) is 1.68. The van der Waals surface area contributed by atoms with Crippen LogP contribution in [0.25, 0.3) is 6.08 Å². The Balaban J connectivity index is 2.64. The molecule has 0 aliphatic carbocycles. The van der Waals surface area contributed by atoms with Crippen LogP contribution in [0.1, 0.15) is 5.69 Å². The van der Waals surface area contributed by atoms with Gasteiger partial charge in [-0.1, -0.05) is 0 Å². The summed E-state index contributed by atoms with van der Waals surface area (Å²) in [6.07, 6.45) is 5.52. The number of carboxylic acid groups (broad SMARTS) is 1. The Labute approximate surface area is 57.2 Å². The van der Waals surface area contributed by atoms with Gasteiger partial charge in [0.05, 0.1) is 18.2 Å². The number of nitrogens with zero attached hydrogens (tertiary/aromatic N) is 1. The number of rotatable bonds is 2. The third-order valence-electron chi connectivity index (χ3n) is 0.925. The number of carbonyl (C=O) groups is 1. The summed E-state index contributed by atoms with van der Waals surface area (Å²) in [4.78, 5) is 16.4. The standard InChI is InChI=1S/C6H6N2O2/c9-6(10)2-1-5-3-7-4-8-5/h1-4H,(H,7,8)(H,9,10)/b2-1-/i1+1,2+1,6+1. The molecule has 0 unspecified atom stereocenters. The molecule has 4 heteroatoms. The number of aromatic nitrogens is 2. The summed E-state index contributed by atoms with van der Waals surface area (Å²) in [5.74, 6) is -0.963. The largest absolute Gasteiger partial charge is 0.478 e. The summed E-state index contributed by atoms with van der Waals surface area (Å²) in [6.45, 7) is 0. The Bertz CT molecular complexity index is 238. The minimum atomic E-state index is -0.963. The maximum Gasteiger partial charge on any atom is 0.328 e. The van der Waals surface area contributed by atoms with Gasteiger partial charge in [0.25, 0.3) is 0 Å². The zero-order chi connectivity index (χ0) is 7.40. The maximum absolute atomic E-state index is 9.97. The number of aromatic amines is 1. The zero-order valence-corrected chi connectivity index (χ0v) is 5.11. The Morgan fingerprint density at radius 1 is 1.80 bits per heavy atom. The summed E-state index contributed by atoms with van der Waals surface area (Å²) >= 11 is 0.